The molecule has 1 aliphatic heterocycles. The van der Waals surface area contributed by atoms with Crippen molar-refractivity contribution in [3.8, 4) is 0 Å². The summed E-state index contributed by atoms with van der Waals surface area (Å²) < 4.78 is 0. The fourth-order valence-electron chi connectivity index (χ4n) is 2.70. The third-order valence-corrected chi connectivity index (χ3v) is 3.68. The SMILES string of the molecule is CCCC(C)(C(=O)O)N1CCc2ccccc21. The molecule has 0 aromatic heterocycles. The van der Waals surface area contributed by atoms with Gasteiger partial charge < -0.3 is 10.0 Å². The van der Waals surface area contributed by atoms with E-state index in [1.54, 1.807) is 0 Å². The summed E-state index contributed by atoms with van der Waals surface area (Å²) in [5, 5.41) is 9.51. The van der Waals surface area contributed by atoms with Gasteiger partial charge in [-0.1, -0.05) is 31.5 Å². The molecule has 0 saturated heterocycles. The van der Waals surface area contributed by atoms with Crippen molar-refractivity contribution in [3.63, 3.8) is 0 Å². The van der Waals surface area contributed by atoms with Gasteiger partial charge in [-0.2, -0.15) is 0 Å². The van der Waals surface area contributed by atoms with Gasteiger partial charge in [0.25, 0.3) is 0 Å². The van der Waals surface area contributed by atoms with Crippen LogP contribution in [0.2, 0.25) is 0 Å². The first-order valence-electron chi connectivity index (χ1n) is 6.18. The van der Waals surface area contributed by atoms with Crippen LogP contribution in [0.25, 0.3) is 0 Å². The van der Waals surface area contributed by atoms with Crippen molar-refractivity contribution in [2.24, 2.45) is 0 Å². The Balaban J connectivity index is 2.37. The molecule has 92 valence electrons. The molecule has 0 saturated carbocycles. The summed E-state index contributed by atoms with van der Waals surface area (Å²) in [6.07, 6.45) is 2.50. The van der Waals surface area contributed by atoms with Crippen LogP contribution >= 0.6 is 0 Å². The first-order chi connectivity index (χ1) is 8.09. The van der Waals surface area contributed by atoms with Crippen LogP contribution in [0.15, 0.2) is 24.3 Å². The largest absolute Gasteiger partial charge is 0.480 e. The zero-order valence-electron chi connectivity index (χ0n) is 10.4. The van der Waals surface area contributed by atoms with Crippen LogP contribution in [-0.4, -0.2) is 23.2 Å². The van der Waals surface area contributed by atoms with Crippen LogP contribution in [0.1, 0.15) is 32.3 Å². The molecule has 1 atom stereocenters. The number of rotatable bonds is 4. The van der Waals surface area contributed by atoms with E-state index in [4.69, 9.17) is 0 Å². The maximum absolute atomic E-state index is 11.6. The predicted octanol–water partition coefficient (Wildman–Crippen LogP) is 2.69. The van der Waals surface area contributed by atoms with Gasteiger partial charge in [-0.3, -0.25) is 0 Å². The Morgan fingerprint density at radius 3 is 2.82 bits per heavy atom. The van der Waals surface area contributed by atoms with Crippen LogP contribution in [0.4, 0.5) is 5.69 Å². The molecule has 3 nitrogen and oxygen atoms in total. The van der Waals surface area contributed by atoms with Gasteiger partial charge in [-0.05, 0) is 31.4 Å². The normalized spacial score (nSPS) is 17.6. The van der Waals surface area contributed by atoms with E-state index in [1.165, 1.54) is 5.56 Å². The van der Waals surface area contributed by atoms with Crippen molar-refractivity contribution in [3.05, 3.63) is 29.8 Å². The highest BCUT2D eigenvalue weighted by molar-refractivity contribution is 5.84. The smallest absolute Gasteiger partial charge is 0.329 e. The number of para-hydroxylation sites is 1. The zero-order chi connectivity index (χ0) is 12.5. The number of carbonyl (C=O) groups is 1. The lowest BCUT2D eigenvalue weighted by Crippen LogP contribution is -2.52. The maximum atomic E-state index is 11.6. The quantitative estimate of drug-likeness (QED) is 0.869. The van der Waals surface area contributed by atoms with Gasteiger partial charge in [-0.25, -0.2) is 4.79 Å². The third-order valence-electron chi connectivity index (χ3n) is 3.68. The summed E-state index contributed by atoms with van der Waals surface area (Å²) in [7, 11) is 0. The van der Waals surface area contributed by atoms with Gasteiger partial charge >= 0.3 is 5.97 Å². The molecule has 1 N–H and O–H groups in total. The average molecular weight is 233 g/mol. The Hall–Kier alpha value is -1.51. The Bertz CT molecular complexity index is 430. The molecule has 0 radical (unpaired) electrons. The molecule has 0 amide bonds. The maximum Gasteiger partial charge on any atom is 0.329 e. The van der Waals surface area contributed by atoms with E-state index in [0.717, 1.165) is 25.1 Å². The highest BCUT2D eigenvalue weighted by atomic mass is 16.4. The minimum Gasteiger partial charge on any atom is -0.480 e. The lowest BCUT2D eigenvalue weighted by atomic mass is 9.94. The lowest BCUT2D eigenvalue weighted by Gasteiger charge is -2.37. The van der Waals surface area contributed by atoms with E-state index in [0.29, 0.717) is 6.42 Å². The Labute approximate surface area is 102 Å². The van der Waals surface area contributed by atoms with Crippen molar-refractivity contribution in [1.29, 1.82) is 0 Å². The molecule has 1 unspecified atom stereocenters. The fraction of sp³-hybridized carbons (Fsp3) is 0.500. The minimum atomic E-state index is -0.776. The molecular weight excluding hydrogens is 214 g/mol. The van der Waals surface area contributed by atoms with Crippen molar-refractivity contribution < 1.29 is 9.90 Å². The molecule has 0 bridgehead atoms. The van der Waals surface area contributed by atoms with E-state index in [-0.39, 0.29) is 0 Å². The first kappa shape index (κ1) is 12.0. The number of carboxylic acid groups (broad SMARTS) is 1. The summed E-state index contributed by atoms with van der Waals surface area (Å²) >= 11 is 0. The number of anilines is 1. The molecule has 2 rings (SSSR count). The molecule has 1 aliphatic rings. The second kappa shape index (κ2) is 4.40. The molecule has 17 heavy (non-hydrogen) atoms. The summed E-state index contributed by atoms with van der Waals surface area (Å²) in [5.74, 6) is -0.726. The van der Waals surface area contributed by atoms with Crippen LogP contribution < -0.4 is 4.90 Å². The second-order valence-corrected chi connectivity index (χ2v) is 4.86. The molecule has 0 spiro atoms. The Kier molecular flexibility index (Phi) is 3.09. The molecule has 0 aliphatic carbocycles. The van der Waals surface area contributed by atoms with Crippen molar-refractivity contribution in [2.45, 2.75) is 38.6 Å². The van der Waals surface area contributed by atoms with E-state index in [1.807, 2.05) is 36.9 Å². The van der Waals surface area contributed by atoms with Gasteiger partial charge in [0, 0.05) is 12.2 Å². The molecule has 1 aromatic rings. The van der Waals surface area contributed by atoms with Gasteiger partial charge in [0.1, 0.15) is 5.54 Å². The van der Waals surface area contributed by atoms with E-state index in [9.17, 15) is 9.90 Å². The standard InChI is InChI=1S/C14H19NO2/c1-3-9-14(2,13(16)17)15-10-8-11-6-4-5-7-12(11)15/h4-7H,3,8-10H2,1-2H3,(H,16,17). The summed E-state index contributed by atoms with van der Waals surface area (Å²) in [6.45, 7) is 4.67. The fourth-order valence-corrected chi connectivity index (χ4v) is 2.70. The molecular formula is C14H19NO2. The Morgan fingerprint density at radius 2 is 2.18 bits per heavy atom. The number of carboxylic acids is 1. The average Bonchev–Trinajstić information content (AvgIpc) is 2.73. The summed E-state index contributed by atoms with van der Waals surface area (Å²) in [6, 6.07) is 8.11. The van der Waals surface area contributed by atoms with Crippen LogP contribution in [0, 0.1) is 0 Å². The van der Waals surface area contributed by atoms with Crippen molar-refractivity contribution in [1.82, 2.24) is 0 Å². The number of aliphatic carboxylic acids is 1. The molecule has 1 aromatic carbocycles. The Morgan fingerprint density at radius 1 is 1.47 bits per heavy atom. The van der Waals surface area contributed by atoms with Crippen LogP contribution in [0.5, 0.6) is 0 Å². The van der Waals surface area contributed by atoms with Crippen molar-refractivity contribution in [2.75, 3.05) is 11.4 Å². The topological polar surface area (TPSA) is 40.5 Å². The monoisotopic (exact) mass is 233 g/mol. The highest BCUT2D eigenvalue weighted by Gasteiger charge is 2.41. The number of fused-ring (bicyclic) bond motifs is 1. The molecule has 1 heterocycles. The van der Waals surface area contributed by atoms with Gasteiger partial charge in [-0.15, -0.1) is 0 Å². The summed E-state index contributed by atoms with van der Waals surface area (Å²) in [5.41, 5.74) is 1.57. The van der Waals surface area contributed by atoms with E-state index >= 15 is 0 Å². The molecule has 3 heteroatoms. The summed E-state index contributed by atoms with van der Waals surface area (Å²) in [4.78, 5) is 13.6. The zero-order valence-corrected chi connectivity index (χ0v) is 10.4. The lowest BCUT2D eigenvalue weighted by molar-refractivity contribution is -0.143. The van der Waals surface area contributed by atoms with Gasteiger partial charge in [0.05, 0.1) is 0 Å². The predicted molar refractivity (Wildman–Crippen MR) is 68.4 cm³/mol. The van der Waals surface area contributed by atoms with Crippen molar-refractivity contribution >= 4 is 11.7 Å². The number of hydrogen-bond acceptors (Lipinski definition) is 2. The van der Waals surface area contributed by atoms with E-state index < -0.39 is 11.5 Å². The first-order valence-corrected chi connectivity index (χ1v) is 6.18. The molecule has 0 fully saturated rings. The van der Waals surface area contributed by atoms with Gasteiger partial charge in [0.2, 0.25) is 0 Å². The number of hydrogen-bond donors (Lipinski definition) is 1. The number of nitrogens with zero attached hydrogens (tertiary/aromatic N) is 1. The third kappa shape index (κ3) is 1.90. The highest BCUT2D eigenvalue weighted by Crippen LogP contribution is 2.35. The van der Waals surface area contributed by atoms with E-state index in [2.05, 4.69) is 6.07 Å². The van der Waals surface area contributed by atoms with Crippen LogP contribution in [-0.2, 0) is 11.2 Å². The number of benzene rings is 1. The minimum absolute atomic E-state index is 0.677. The van der Waals surface area contributed by atoms with Crippen LogP contribution in [0.3, 0.4) is 0 Å². The van der Waals surface area contributed by atoms with Gasteiger partial charge in [0.15, 0.2) is 0 Å². The second-order valence-electron chi connectivity index (χ2n) is 4.86.